The first-order valence-corrected chi connectivity index (χ1v) is 10.5. The molecule has 2 amide bonds. The van der Waals surface area contributed by atoms with Crippen molar-refractivity contribution in [2.45, 2.75) is 46.5 Å². The Kier molecular flexibility index (Phi) is 8.45. The maximum absolute atomic E-state index is 13.0. The van der Waals surface area contributed by atoms with Crippen LogP contribution in [0.2, 0.25) is 0 Å². The number of carbonyl (C=O) groups excluding carboxylic acids is 2. The van der Waals surface area contributed by atoms with E-state index in [4.69, 9.17) is 0 Å². The van der Waals surface area contributed by atoms with Gasteiger partial charge in [-0.05, 0) is 55.6 Å². The molecule has 0 unspecified atom stereocenters. The van der Waals surface area contributed by atoms with Crippen LogP contribution in [-0.2, 0) is 17.6 Å². The van der Waals surface area contributed by atoms with Crippen molar-refractivity contribution < 1.29 is 27.2 Å². The second-order valence-electron chi connectivity index (χ2n) is 9.05. The standard InChI is InChI=1S/C22H31F4N3O2/c1-21(2,3)20(31)27-6-9-29-7-4-15(5-8-29)14-28-19(30)17-10-16(13-23)11-18(12-17)22(24,25)26/h10-12,15H,4-9,13-14H2,1-3H3,(H,27,31)(H,28,30). The molecule has 1 aliphatic rings. The topological polar surface area (TPSA) is 61.4 Å². The minimum Gasteiger partial charge on any atom is -0.354 e. The summed E-state index contributed by atoms with van der Waals surface area (Å²) >= 11 is 0. The molecule has 0 bridgehead atoms. The summed E-state index contributed by atoms with van der Waals surface area (Å²) in [7, 11) is 0. The second kappa shape index (κ2) is 10.4. The molecule has 1 aromatic carbocycles. The summed E-state index contributed by atoms with van der Waals surface area (Å²) in [4.78, 5) is 26.5. The fourth-order valence-corrected chi connectivity index (χ4v) is 3.41. The Hall–Kier alpha value is -2.16. The van der Waals surface area contributed by atoms with Gasteiger partial charge >= 0.3 is 6.18 Å². The number of piperidine rings is 1. The molecule has 2 rings (SSSR count). The number of nitrogens with one attached hydrogen (secondary N) is 2. The van der Waals surface area contributed by atoms with E-state index in [9.17, 15) is 27.2 Å². The van der Waals surface area contributed by atoms with E-state index in [1.165, 1.54) is 0 Å². The summed E-state index contributed by atoms with van der Waals surface area (Å²) in [5.41, 5.74) is -1.81. The molecule has 0 atom stereocenters. The lowest BCUT2D eigenvalue weighted by Crippen LogP contribution is -2.43. The van der Waals surface area contributed by atoms with Gasteiger partial charge < -0.3 is 15.5 Å². The third kappa shape index (κ3) is 7.79. The summed E-state index contributed by atoms with van der Waals surface area (Å²) in [5.74, 6) is -0.403. The molecular formula is C22H31F4N3O2. The molecule has 0 radical (unpaired) electrons. The van der Waals surface area contributed by atoms with Crippen LogP contribution >= 0.6 is 0 Å². The number of benzene rings is 1. The summed E-state index contributed by atoms with van der Waals surface area (Å²) in [6.07, 6.45) is -2.96. The Morgan fingerprint density at radius 3 is 2.26 bits per heavy atom. The molecule has 2 N–H and O–H groups in total. The summed E-state index contributed by atoms with van der Waals surface area (Å²) in [6.45, 7) is 7.83. The number of rotatable bonds is 7. The molecule has 0 spiro atoms. The van der Waals surface area contributed by atoms with Gasteiger partial charge in [0.05, 0.1) is 5.56 Å². The summed E-state index contributed by atoms with van der Waals surface area (Å²) < 4.78 is 51.8. The molecule has 0 saturated carbocycles. The Balaban J connectivity index is 1.79. The molecule has 5 nitrogen and oxygen atoms in total. The molecule has 174 valence electrons. The first-order valence-electron chi connectivity index (χ1n) is 10.5. The molecule has 1 aromatic rings. The van der Waals surface area contributed by atoms with Gasteiger partial charge in [0, 0.05) is 30.6 Å². The van der Waals surface area contributed by atoms with Gasteiger partial charge in [-0.2, -0.15) is 13.2 Å². The van der Waals surface area contributed by atoms with E-state index in [2.05, 4.69) is 15.5 Å². The van der Waals surface area contributed by atoms with Crippen molar-refractivity contribution >= 4 is 11.8 Å². The average Bonchev–Trinajstić information content (AvgIpc) is 2.71. The van der Waals surface area contributed by atoms with Gasteiger partial charge in [-0.1, -0.05) is 20.8 Å². The number of carbonyl (C=O) groups is 2. The van der Waals surface area contributed by atoms with Crippen LogP contribution in [0.15, 0.2) is 18.2 Å². The monoisotopic (exact) mass is 445 g/mol. The minimum absolute atomic E-state index is 0.00982. The minimum atomic E-state index is -4.64. The molecular weight excluding hydrogens is 414 g/mol. The van der Waals surface area contributed by atoms with E-state index in [0.29, 0.717) is 13.1 Å². The normalized spacial score (nSPS) is 16.2. The zero-order valence-corrected chi connectivity index (χ0v) is 18.2. The lowest BCUT2D eigenvalue weighted by atomic mass is 9.95. The lowest BCUT2D eigenvalue weighted by Gasteiger charge is -2.32. The van der Waals surface area contributed by atoms with Crippen LogP contribution in [0.1, 0.15) is 55.1 Å². The predicted molar refractivity (Wildman–Crippen MR) is 110 cm³/mol. The number of hydrogen-bond acceptors (Lipinski definition) is 3. The molecule has 1 saturated heterocycles. The van der Waals surface area contributed by atoms with Crippen molar-refractivity contribution in [3.63, 3.8) is 0 Å². The first-order chi connectivity index (χ1) is 14.4. The van der Waals surface area contributed by atoms with E-state index in [-0.39, 0.29) is 23.0 Å². The maximum Gasteiger partial charge on any atom is 0.416 e. The number of nitrogens with zero attached hydrogens (tertiary/aromatic N) is 1. The molecule has 1 fully saturated rings. The smallest absolute Gasteiger partial charge is 0.354 e. The Morgan fingerprint density at radius 1 is 1.06 bits per heavy atom. The highest BCUT2D eigenvalue weighted by Gasteiger charge is 2.32. The van der Waals surface area contributed by atoms with E-state index in [1.54, 1.807) is 0 Å². The molecule has 0 aromatic heterocycles. The van der Waals surface area contributed by atoms with Crippen LogP contribution in [0.4, 0.5) is 17.6 Å². The van der Waals surface area contributed by atoms with Gasteiger partial charge in [0.2, 0.25) is 5.91 Å². The van der Waals surface area contributed by atoms with Crippen LogP contribution in [-0.4, -0.2) is 49.4 Å². The van der Waals surface area contributed by atoms with Gasteiger partial charge in [0.15, 0.2) is 0 Å². The number of likely N-dealkylation sites (tertiary alicyclic amines) is 1. The second-order valence-corrected chi connectivity index (χ2v) is 9.05. The Morgan fingerprint density at radius 2 is 1.71 bits per heavy atom. The molecule has 9 heteroatoms. The predicted octanol–water partition coefficient (Wildman–Crippen LogP) is 3.78. The van der Waals surface area contributed by atoms with Crippen molar-refractivity contribution in [2.75, 3.05) is 32.7 Å². The fraction of sp³-hybridized carbons (Fsp3) is 0.636. The van der Waals surface area contributed by atoms with Crippen molar-refractivity contribution in [1.82, 2.24) is 15.5 Å². The SMILES string of the molecule is CC(C)(C)C(=O)NCCN1CCC(CNC(=O)c2cc(CF)cc(C(F)(F)F)c2)CC1. The summed E-state index contributed by atoms with van der Waals surface area (Å²) in [6, 6.07) is 2.62. The third-order valence-corrected chi connectivity index (χ3v) is 5.39. The number of amides is 2. The largest absolute Gasteiger partial charge is 0.416 e. The summed E-state index contributed by atoms with van der Waals surface area (Å²) in [5, 5.41) is 5.60. The molecule has 0 aliphatic carbocycles. The van der Waals surface area contributed by atoms with Gasteiger partial charge in [-0.15, -0.1) is 0 Å². The van der Waals surface area contributed by atoms with Crippen LogP contribution in [0.5, 0.6) is 0 Å². The van der Waals surface area contributed by atoms with Crippen molar-refractivity contribution in [3.05, 3.63) is 34.9 Å². The highest BCUT2D eigenvalue weighted by molar-refractivity contribution is 5.94. The number of hydrogen-bond donors (Lipinski definition) is 2. The quantitative estimate of drug-likeness (QED) is 0.628. The molecule has 1 aliphatic heterocycles. The van der Waals surface area contributed by atoms with Crippen LogP contribution < -0.4 is 10.6 Å². The average molecular weight is 446 g/mol. The van der Waals surface area contributed by atoms with Crippen LogP contribution in [0.3, 0.4) is 0 Å². The zero-order chi connectivity index (χ0) is 23.2. The molecule has 1 heterocycles. The maximum atomic E-state index is 13.0. The van der Waals surface area contributed by atoms with E-state index >= 15 is 0 Å². The number of halogens is 4. The van der Waals surface area contributed by atoms with E-state index in [0.717, 1.165) is 50.7 Å². The van der Waals surface area contributed by atoms with Gasteiger partial charge in [0.25, 0.3) is 5.91 Å². The lowest BCUT2D eigenvalue weighted by molar-refractivity contribution is -0.137. The molecule has 31 heavy (non-hydrogen) atoms. The van der Waals surface area contributed by atoms with E-state index < -0.39 is 29.7 Å². The fourth-order valence-electron chi connectivity index (χ4n) is 3.41. The third-order valence-electron chi connectivity index (χ3n) is 5.39. The van der Waals surface area contributed by atoms with Crippen molar-refractivity contribution in [2.24, 2.45) is 11.3 Å². The Bertz CT molecular complexity index is 767. The zero-order valence-electron chi connectivity index (χ0n) is 18.2. The van der Waals surface area contributed by atoms with Gasteiger partial charge in [-0.25, -0.2) is 4.39 Å². The van der Waals surface area contributed by atoms with Gasteiger partial charge in [0.1, 0.15) is 6.67 Å². The van der Waals surface area contributed by atoms with Crippen molar-refractivity contribution in [1.29, 1.82) is 0 Å². The van der Waals surface area contributed by atoms with Gasteiger partial charge in [-0.3, -0.25) is 9.59 Å². The highest BCUT2D eigenvalue weighted by Crippen LogP contribution is 2.31. The van der Waals surface area contributed by atoms with Crippen molar-refractivity contribution in [3.8, 4) is 0 Å². The Labute approximate surface area is 180 Å². The highest BCUT2D eigenvalue weighted by atomic mass is 19.4. The first kappa shape index (κ1) is 25.1. The van der Waals surface area contributed by atoms with Crippen LogP contribution in [0.25, 0.3) is 0 Å². The van der Waals surface area contributed by atoms with E-state index in [1.807, 2.05) is 20.8 Å². The van der Waals surface area contributed by atoms with Crippen LogP contribution in [0, 0.1) is 11.3 Å². The number of alkyl halides is 4.